The molecule has 0 unspecified atom stereocenters. The third kappa shape index (κ3) is 1.60. The number of carbonyl (C=O) groups excluding carboxylic acids is 1. The number of amides is 1. The second-order valence-corrected chi connectivity index (χ2v) is 5.83. The van der Waals surface area contributed by atoms with E-state index in [-0.39, 0.29) is 5.41 Å². The van der Waals surface area contributed by atoms with E-state index in [1.807, 2.05) is 11.8 Å². The number of rotatable bonds is 1. The van der Waals surface area contributed by atoms with Gasteiger partial charge in [-0.15, -0.1) is 0 Å². The van der Waals surface area contributed by atoms with Crippen molar-refractivity contribution in [1.82, 2.24) is 4.90 Å². The molecule has 1 saturated carbocycles. The first-order valence-corrected chi connectivity index (χ1v) is 6.98. The van der Waals surface area contributed by atoms with Crippen LogP contribution in [0.3, 0.4) is 0 Å². The van der Waals surface area contributed by atoms with E-state index in [4.69, 9.17) is 4.74 Å². The van der Waals surface area contributed by atoms with Crippen LogP contribution in [0.4, 0.5) is 0 Å². The molecule has 0 atom stereocenters. The summed E-state index contributed by atoms with van der Waals surface area (Å²) in [7, 11) is 0. The van der Waals surface area contributed by atoms with Gasteiger partial charge in [0.2, 0.25) is 5.91 Å². The molecule has 3 heteroatoms. The Labute approximate surface area is 108 Å². The number of hydrogen-bond donors (Lipinski definition) is 0. The molecule has 0 bridgehead atoms. The van der Waals surface area contributed by atoms with E-state index in [2.05, 4.69) is 6.58 Å². The molecule has 3 nitrogen and oxygen atoms in total. The fourth-order valence-corrected chi connectivity index (χ4v) is 3.58. The molecule has 0 aromatic rings. The molecule has 1 saturated heterocycles. The van der Waals surface area contributed by atoms with Crippen molar-refractivity contribution in [2.75, 3.05) is 13.2 Å². The summed E-state index contributed by atoms with van der Waals surface area (Å²) < 4.78 is 5.45. The predicted octanol–water partition coefficient (Wildman–Crippen LogP) is 2.99. The highest BCUT2D eigenvalue weighted by atomic mass is 16.5. The second-order valence-electron chi connectivity index (χ2n) is 5.83. The van der Waals surface area contributed by atoms with Crippen molar-refractivity contribution in [2.45, 2.75) is 45.4 Å². The average Bonchev–Trinajstić information content (AvgIpc) is 2.86. The maximum absolute atomic E-state index is 12.7. The van der Waals surface area contributed by atoms with E-state index < -0.39 is 0 Å². The molecule has 0 aromatic heterocycles. The maximum atomic E-state index is 12.7. The Morgan fingerprint density at radius 1 is 1.22 bits per heavy atom. The minimum absolute atomic E-state index is 0.0462. The van der Waals surface area contributed by atoms with Gasteiger partial charge < -0.3 is 9.64 Å². The van der Waals surface area contributed by atoms with Gasteiger partial charge in [-0.1, -0.05) is 25.8 Å². The zero-order chi connectivity index (χ0) is 12.8. The van der Waals surface area contributed by atoms with Gasteiger partial charge >= 0.3 is 0 Å². The van der Waals surface area contributed by atoms with Crippen molar-refractivity contribution in [2.24, 2.45) is 5.41 Å². The van der Waals surface area contributed by atoms with Gasteiger partial charge in [-0.25, -0.2) is 0 Å². The Bertz CT molecular complexity index is 430. The molecule has 2 fully saturated rings. The Balaban J connectivity index is 1.85. The lowest BCUT2D eigenvalue weighted by atomic mass is 9.73. The highest BCUT2D eigenvalue weighted by Gasteiger charge is 2.48. The van der Waals surface area contributed by atoms with Crippen molar-refractivity contribution in [3.05, 3.63) is 23.6 Å². The molecule has 0 radical (unpaired) electrons. The third-order valence-electron chi connectivity index (χ3n) is 4.88. The molecular formula is C15H21NO2. The Kier molecular flexibility index (Phi) is 2.72. The molecule has 1 aliphatic carbocycles. The lowest BCUT2D eigenvalue weighted by molar-refractivity contribution is -0.136. The molecule has 3 rings (SSSR count). The van der Waals surface area contributed by atoms with Crippen molar-refractivity contribution < 1.29 is 9.53 Å². The summed E-state index contributed by atoms with van der Waals surface area (Å²) in [6, 6.07) is 0. The zero-order valence-electron chi connectivity index (χ0n) is 11.1. The van der Waals surface area contributed by atoms with Crippen molar-refractivity contribution in [3.63, 3.8) is 0 Å². The molecule has 18 heavy (non-hydrogen) atoms. The number of nitrogens with zero attached hydrogens (tertiary/aromatic N) is 1. The van der Waals surface area contributed by atoms with Crippen LogP contribution in [0.15, 0.2) is 23.6 Å². The lowest BCUT2D eigenvalue weighted by Crippen LogP contribution is -2.36. The van der Waals surface area contributed by atoms with Gasteiger partial charge in [-0.05, 0) is 26.2 Å². The standard InChI is InChI=1S/C15H21NO2/c1-11-12(2)18-10-13(11)16-9-8-15(14(16)17)6-4-3-5-7-15/h2-10H2,1H3. The quantitative estimate of drug-likeness (QED) is 0.713. The molecule has 98 valence electrons. The maximum Gasteiger partial charge on any atom is 0.233 e. The fourth-order valence-electron chi connectivity index (χ4n) is 3.58. The largest absolute Gasteiger partial charge is 0.488 e. The summed E-state index contributed by atoms with van der Waals surface area (Å²) in [5, 5.41) is 0. The topological polar surface area (TPSA) is 29.5 Å². The van der Waals surface area contributed by atoms with E-state index in [0.29, 0.717) is 12.5 Å². The average molecular weight is 247 g/mol. The SMILES string of the molecule is C=C1OCC(N2CCC3(CCCCC3)C2=O)=C1C. The summed E-state index contributed by atoms with van der Waals surface area (Å²) in [5.41, 5.74) is 2.05. The van der Waals surface area contributed by atoms with Crippen molar-refractivity contribution in [3.8, 4) is 0 Å². The van der Waals surface area contributed by atoms with Crippen LogP contribution in [-0.2, 0) is 9.53 Å². The first-order chi connectivity index (χ1) is 8.64. The molecule has 2 aliphatic heterocycles. The summed E-state index contributed by atoms with van der Waals surface area (Å²) in [6.45, 7) is 7.26. The summed E-state index contributed by atoms with van der Waals surface area (Å²) >= 11 is 0. The van der Waals surface area contributed by atoms with Crippen LogP contribution in [0.25, 0.3) is 0 Å². The molecule has 1 amide bonds. The van der Waals surface area contributed by atoms with Gasteiger partial charge in [-0.3, -0.25) is 4.79 Å². The van der Waals surface area contributed by atoms with Crippen LogP contribution in [0.1, 0.15) is 45.4 Å². The number of likely N-dealkylation sites (tertiary alicyclic amines) is 1. The van der Waals surface area contributed by atoms with Crippen molar-refractivity contribution in [1.29, 1.82) is 0 Å². The number of hydrogen-bond acceptors (Lipinski definition) is 2. The van der Waals surface area contributed by atoms with E-state index >= 15 is 0 Å². The monoisotopic (exact) mass is 247 g/mol. The van der Waals surface area contributed by atoms with Crippen LogP contribution >= 0.6 is 0 Å². The van der Waals surface area contributed by atoms with Gasteiger partial charge in [0.25, 0.3) is 0 Å². The van der Waals surface area contributed by atoms with E-state index in [0.717, 1.165) is 42.8 Å². The normalized spacial score (nSPS) is 27.3. The minimum Gasteiger partial charge on any atom is -0.488 e. The predicted molar refractivity (Wildman–Crippen MR) is 69.6 cm³/mol. The Morgan fingerprint density at radius 3 is 2.56 bits per heavy atom. The third-order valence-corrected chi connectivity index (χ3v) is 4.88. The summed E-state index contributed by atoms with van der Waals surface area (Å²) in [4.78, 5) is 14.7. The molecular weight excluding hydrogens is 226 g/mol. The first kappa shape index (κ1) is 11.8. The second kappa shape index (κ2) is 4.15. The lowest BCUT2D eigenvalue weighted by Gasteiger charge is -2.31. The summed E-state index contributed by atoms with van der Waals surface area (Å²) in [6.07, 6.45) is 6.89. The molecule has 2 heterocycles. The summed E-state index contributed by atoms with van der Waals surface area (Å²) in [5.74, 6) is 1.07. The molecule has 0 N–H and O–H groups in total. The van der Waals surface area contributed by atoms with E-state index in [9.17, 15) is 4.79 Å². The number of allylic oxidation sites excluding steroid dienone is 1. The Hall–Kier alpha value is -1.25. The van der Waals surface area contributed by atoms with Gasteiger partial charge in [0.1, 0.15) is 12.4 Å². The van der Waals surface area contributed by atoms with Gasteiger partial charge in [0.15, 0.2) is 0 Å². The van der Waals surface area contributed by atoms with E-state index in [1.165, 1.54) is 19.3 Å². The zero-order valence-corrected chi connectivity index (χ0v) is 11.1. The minimum atomic E-state index is -0.0462. The molecule has 1 spiro atoms. The van der Waals surface area contributed by atoms with Gasteiger partial charge in [0.05, 0.1) is 11.1 Å². The van der Waals surface area contributed by atoms with Crippen LogP contribution in [0.5, 0.6) is 0 Å². The smallest absolute Gasteiger partial charge is 0.233 e. The van der Waals surface area contributed by atoms with E-state index in [1.54, 1.807) is 0 Å². The van der Waals surface area contributed by atoms with Gasteiger partial charge in [0, 0.05) is 12.1 Å². The molecule has 3 aliphatic rings. The number of ether oxygens (including phenoxy) is 1. The highest BCUT2D eigenvalue weighted by molar-refractivity contribution is 5.86. The fraction of sp³-hybridized carbons (Fsp3) is 0.667. The van der Waals surface area contributed by atoms with Crippen LogP contribution in [0.2, 0.25) is 0 Å². The van der Waals surface area contributed by atoms with Crippen LogP contribution in [-0.4, -0.2) is 24.0 Å². The van der Waals surface area contributed by atoms with Crippen LogP contribution < -0.4 is 0 Å². The van der Waals surface area contributed by atoms with Crippen LogP contribution in [0, 0.1) is 5.41 Å². The number of carbonyl (C=O) groups is 1. The van der Waals surface area contributed by atoms with Gasteiger partial charge in [-0.2, -0.15) is 0 Å². The Morgan fingerprint density at radius 2 is 1.94 bits per heavy atom. The molecule has 0 aromatic carbocycles. The highest BCUT2D eigenvalue weighted by Crippen LogP contribution is 2.46. The first-order valence-electron chi connectivity index (χ1n) is 6.98. The van der Waals surface area contributed by atoms with Crippen molar-refractivity contribution >= 4 is 5.91 Å².